The highest BCUT2D eigenvalue weighted by Crippen LogP contribution is 2.16. The van der Waals surface area contributed by atoms with E-state index < -0.39 is 0 Å². The van der Waals surface area contributed by atoms with Gasteiger partial charge in [-0.05, 0) is 26.3 Å². The Balaban J connectivity index is 2.56. The molecule has 58 valence electrons. The Morgan fingerprint density at radius 2 is 2.00 bits per heavy atom. The number of likely N-dealkylation sites (N-methyl/N-ethyl adjacent to an activating group) is 1. The molecule has 0 aromatic heterocycles. The van der Waals surface area contributed by atoms with E-state index in [0.29, 0.717) is 0 Å². The molecule has 2 atom stereocenters. The minimum Gasteiger partial charge on any atom is -0.300 e. The molecule has 0 bridgehead atoms. The lowest BCUT2D eigenvalue weighted by Crippen LogP contribution is -2.32. The average Bonchev–Trinajstić information content (AvgIpc) is 2.04. The van der Waals surface area contributed by atoms with Gasteiger partial charge in [0, 0.05) is 12.6 Å². The zero-order chi connectivity index (χ0) is 7.56. The van der Waals surface area contributed by atoms with Crippen molar-refractivity contribution in [3.8, 4) is 0 Å². The Kier molecular flexibility index (Phi) is 2.50. The Labute approximate surface area is 63.7 Å². The van der Waals surface area contributed by atoms with Crippen LogP contribution < -0.4 is 0 Å². The van der Waals surface area contributed by atoms with Crippen molar-refractivity contribution in [3.05, 3.63) is 12.2 Å². The van der Waals surface area contributed by atoms with Gasteiger partial charge in [-0.3, -0.25) is 4.90 Å². The average molecular weight is 139 g/mol. The lowest BCUT2D eigenvalue weighted by atomic mass is 10.0. The molecule has 1 rings (SSSR count). The maximum Gasteiger partial charge on any atom is 0.0163 e. The summed E-state index contributed by atoms with van der Waals surface area (Å²) in [6.45, 7) is 5.74. The molecule has 2 unspecified atom stereocenters. The molecule has 0 saturated heterocycles. The first-order valence-electron chi connectivity index (χ1n) is 4.07. The molecule has 10 heavy (non-hydrogen) atoms. The Morgan fingerprint density at radius 3 is 2.70 bits per heavy atom. The number of hydrogen-bond acceptors (Lipinski definition) is 1. The molecular weight excluding hydrogens is 122 g/mol. The lowest BCUT2D eigenvalue weighted by molar-refractivity contribution is 0.226. The highest BCUT2D eigenvalue weighted by molar-refractivity contribution is 4.92. The van der Waals surface area contributed by atoms with E-state index in [2.05, 4.69) is 37.9 Å². The van der Waals surface area contributed by atoms with Gasteiger partial charge in [0.2, 0.25) is 0 Å². The van der Waals surface area contributed by atoms with E-state index >= 15 is 0 Å². The van der Waals surface area contributed by atoms with Gasteiger partial charge < -0.3 is 0 Å². The lowest BCUT2D eigenvalue weighted by Gasteiger charge is -2.26. The Bertz CT molecular complexity index is 115. The Hall–Kier alpha value is -0.300. The molecule has 1 nitrogen and oxygen atoms in total. The Morgan fingerprint density at radius 1 is 1.30 bits per heavy atom. The molecule has 0 aromatic rings. The van der Waals surface area contributed by atoms with Crippen LogP contribution in [0.25, 0.3) is 0 Å². The minimum atomic E-state index is 0.731. The fourth-order valence-electron chi connectivity index (χ4n) is 1.35. The van der Waals surface area contributed by atoms with Crippen molar-refractivity contribution in [3.63, 3.8) is 0 Å². The summed E-state index contributed by atoms with van der Waals surface area (Å²) in [5.41, 5.74) is 0. The maximum absolute atomic E-state index is 2.40. The second-order valence-electron chi connectivity index (χ2n) is 3.36. The van der Waals surface area contributed by atoms with Crippen LogP contribution in [-0.4, -0.2) is 24.5 Å². The van der Waals surface area contributed by atoms with Crippen LogP contribution in [0.3, 0.4) is 0 Å². The van der Waals surface area contributed by atoms with E-state index in [4.69, 9.17) is 0 Å². The van der Waals surface area contributed by atoms with Crippen LogP contribution in [0.4, 0.5) is 0 Å². The summed E-state index contributed by atoms with van der Waals surface area (Å²) in [5.74, 6) is 0.809. The van der Waals surface area contributed by atoms with Crippen molar-refractivity contribution in [2.75, 3.05) is 13.6 Å². The number of rotatable bonds is 0. The van der Waals surface area contributed by atoms with Gasteiger partial charge in [-0.2, -0.15) is 0 Å². The van der Waals surface area contributed by atoms with Gasteiger partial charge in [-0.15, -0.1) is 0 Å². The smallest absolute Gasteiger partial charge is 0.0163 e. The molecule has 0 aliphatic carbocycles. The van der Waals surface area contributed by atoms with Crippen molar-refractivity contribution >= 4 is 0 Å². The summed E-state index contributed by atoms with van der Waals surface area (Å²) < 4.78 is 0. The van der Waals surface area contributed by atoms with E-state index in [1.807, 2.05) is 0 Å². The normalized spacial score (nSPS) is 35.9. The fourth-order valence-corrected chi connectivity index (χ4v) is 1.35. The van der Waals surface area contributed by atoms with Crippen LogP contribution in [0, 0.1) is 5.92 Å². The van der Waals surface area contributed by atoms with Gasteiger partial charge in [0.05, 0.1) is 0 Å². The SMILES string of the molecule is CC1CC=CCN(C)C1C. The summed E-state index contributed by atoms with van der Waals surface area (Å²) in [5, 5.41) is 0. The number of allylic oxidation sites excluding steroid dienone is 1. The van der Waals surface area contributed by atoms with Gasteiger partial charge in [0.1, 0.15) is 0 Å². The van der Waals surface area contributed by atoms with Gasteiger partial charge >= 0.3 is 0 Å². The molecule has 1 heteroatoms. The first-order chi connectivity index (χ1) is 4.72. The number of nitrogens with zero attached hydrogens (tertiary/aromatic N) is 1. The first kappa shape index (κ1) is 7.80. The first-order valence-corrected chi connectivity index (χ1v) is 4.07. The van der Waals surface area contributed by atoms with Crippen LogP contribution >= 0.6 is 0 Å². The van der Waals surface area contributed by atoms with E-state index in [-0.39, 0.29) is 0 Å². The highest BCUT2D eigenvalue weighted by atomic mass is 15.1. The third kappa shape index (κ3) is 1.60. The van der Waals surface area contributed by atoms with E-state index in [1.165, 1.54) is 6.42 Å². The van der Waals surface area contributed by atoms with Gasteiger partial charge in [-0.25, -0.2) is 0 Å². The van der Waals surface area contributed by atoms with Crippen molar-refractivity contribution in [2.45, 2.75) is 26.3 Å². The standard InChI is InChI=1S/C9H17N/c1-8-6-4-5-7-10(3)9(8)2/h4-5,8-9H,6-7H2,1-3H3. The third-order valence-corrected chi connectivity index (χ3v) is 2.59. The van der Waals surface area contributed by atoms with E-state index in [9.17, 15) is 0 Å². The molecule has 1 heterocycles. The van der Waals surface area contributed by atoms with Gasteiger partial charge in [0.25, 0.3) is 0 Å². The van der Waals surface area contributed by atoms with Crippen LogP contribution in [0.1, 0.15) is 20.3 Å². The molecule has 1 aliphatic heterocycles. The zero-order valence-electron chi connectivity index (χ0n) is 7.17. The number of hydrogen-bond donors (Lipinski definition) is 0. The quantitative estimate of drug-likeness (QED) is 0.463. The molecule has 0 aromatic carbocycles. The second-order valence-corrected chi connectivity index (χ2v) is 3.36. The van der Waals surface area contributed by atoms with E-state index in [0.717, 1.165) is 18.5 Å². The molecule has 0 fully saturated rings. The maximum atomic E-state index is 2.40. The summed E-state index contributed by atoms with van der Waals surface area (Å²) >= 11 is 0. The van der Waals surface area contributed by atoms with Crippen molar-refractivity contribution in [2.24, 2.45) is 5.92 Å². The van der Waals surface area contributed by atoms with Crippen molar-refractivity contribution < 1.29 is 0 Å². The molecule has 1 aliphatic rings. The molecular formula is C9H17N. The molecule has 0 spiro atoms. The van der Waals surface area contributed by atoms with Crippen LogP contribution in [-0.2, 0) is 0 Å². The topological polar surface area (TPSA) is 3.24 Å². The largest absolute Gasteiger partial charge is 0.300 e. The monoisotopic (exact) mass is 139 g/mol. The molecule has 0 radical (unpaired) electrons. The summed E-state index contributed by atoms with van der Waals surface area (Å²) in [4.78, 5) is 2.40. The minimum absolute atomic E-state index is 0.731. The zero-order valence-corrected chi connectivity index (χ0v) is 7.17. The highest BCUT2D eigenvalue weighted by Gasteiger charge is 2.16. The summed E-state index contributed by atoms with van der Waals surface area (Å²) in [6.07, 6.45) is 5.80. The van der Waals surface area contributed by atoms with Crippen molar-refractivity contribution in [1.29, 1.82) is 0 Å². The molecule has 0 saturated carbocycles. The second kappa shape index (κ2) is 3.20. The molecule has 0 amide bonds. The predicted octanol–water partition coefficient (Wildman–Crippen LogP) is 1.90. The van der Waals surface area contributed by atoms with Gasteiger partial charge in [-0.1, -0.05) is 19.1 Å². The van der Waals surface area contributed by atoms with Crippen LogP contribution in [0.2, 0.25) is 0 Å². The molecule has 0 N–H and O–H groups in total. The third-order valence-electron chi connectivity index (χ3n) is 2.59. The van der Waals surface area contributed by atoms with Crippen LogP contribution in [0.5, 0.6) is 0 Å². The van der Waals surface area contributed by atoms with Gasteiger partial charge in [0.15, 0.2) is 0 Å². The van der Waals surface area contributed by atoms with Crippen molar-refractivity contribution in [1.82, 2.24) is 4.90 Å². The van der Waals surface area contributed by atoms with E-state index in [1.54, 1.807) is 0 Å². The van der Waals surface area contributed by atoms with Crippen LogP contribution in [0.15, 0.2) is 12.2 Å². The summed E-state index contributed by atoms with van der Waals surface area (Å²) in [7, 11) is 2.19. The fraction of sp³-hybridized carbons (Fsp3) is 0.778. The predicted molar refractivity (Wildman–Crippen MR) is 45.0 cm³/mol. The summed E-state index contributed by atoms with van der Waals surface area (Å²) in [6, 6.07) is 0.731.